The van der Waals surface area contributed by atoms with E-state index in [0.29, 0.717) is 17.6 Å². The summed E-state index contributed by atoms with van der Waals surface area (Å²) >= 11 is 0. The standard InChI is InChI=1S/C57H39BN4OSi/c1-4-19-40(20-5-1)55-59-56(61-57(60-55)62-51-31-14-10-27-47(51)48-28-11-15-32-52(48)62)41-21-18-26-46(39-41)64(43-22-6-2-7-23-43,44-24-8-3-9-25-44)45-37-35-42(36-38-45)58-49-29-12-16-33-53(49)63-54-34-17-13-30-50(54)58/h1-39H. The molecule has 2 aromatic heterocycles. The number of fused-ring (bicyclic) bond motifs is 5. The normalized spacial score (nSPS) is 12.2. The highest BCUT2D eigenvalue weighted by Crippen LogP contribution is 2.32. The summed E-state index contributed by atoms with van der Waals surface area (Å²) in [7, 11) is -3.00. The number of aromatic nitrogens is 4. The molecule has 0 aliphatic carbocycles. The third-order valence-electron chi connectivity index (χ3n) is 12.8. The molecular weight excluding hydrogens is 796 g/mol. The van der Waals surface area contributed by atoms with E-state index in [9.17, 15) is 0 Å². The van der Waals surface area contributed by atoms with Crippen molar-refractivity contribution in [2.24, 2.45) is 0 Å². The summed E-state index contributed by atoms with van der Waals surface area (Å²) < 4.78 is 8.59. The van der Waals surface area contributed by atoms with Crippen LogP contribution in [0.15, 0.2) is 237 Å². The fourth-order valence-electron chi connectivity index (χ4n) is 9.91. The predicted molar refractivity (Wildman–Crippen MR) is 266 cm³/mol. The predicted octanol–water partition coefficient (Wildman–Crippen LogP) is 8.30. The second-order valence-corrected chi connectivity index (χ2v) is 20.1. The number of ether oxygens (including phenoxy) is 1. The number of rotatable bonds is 8. The monoisotopic (exact) mass is 834 g/mol. The van der Waals surface area contributed by atoms with Crippen molar-refractivity contribution >= 4 is 73.7 Å². The maximum Gasteiger partial charge on any atom is 0.250 e. The highest BCUT2D eigenvalue weighted by atomic mass is 28.3. The summed E-state index contributed by atoms with van der Waals surface area (Å²) in [5.74, 6) is 3.62. The second kappa shape index (κ2) is 15.7. The Morgan fingerprint density at radius 3 is 1.42 bits per heavy atom. The van der Waals surface area contributed by atoms with E-state index >= 15 is 0 Å². The van der Waals surface area contributed by atoms with Gasteiger partial charge in [0.05, 0.1) is 11.0 Å². The van der Waals surface area contributed by atoms with Crippen LogP contribution < -0.4 is 41.9 Å². The largest absolute Gasteiger partial charge is 0.458 e. The number of nitrogens with zero attached hydrogens (tertiary/aromatic N) is 4. The molecule has 0 spiro atoms. The average molecular weight is 835 g/mol. The molecule has 0 saturated carbocycles. The molecular formula is C57H39BN4OSi. The summed E-state index contributed by atoms with van der Waals surface area (Å²) in [4.78, 5) is 15.8. The van der Waals surface area contributed by atoms with Crippen LogP contribution in [0.25, 0.3) is 50.5 Å². The van der Waals surface area contributed by atoms with Crippen LogP contribution in [0.2, 0.25) is 0 Å². The van der Waals surface area contributed by atoms with Crippen LogP contribution in [0.1, 0.15) is 0 Å². The average Bonchev–Trinajstić information content (AvgIpc) is 3.71. The molecule has 12 rings (SSSR count). The molecule has 0 atom stereocenters. The third-order valence-corrected chi connectivity index (χ3v) is 17.5. The van der Waals surface area contributed by atoms with E-state index in [-0.39, 0.29) is 6.71 Å². The molecule has 300 valence electrons. The van der Waals surface area contributed by atoms with Gasteiger partial charge in [0.15, 0.2) is 19.7 Å². The topological polar surface area (TPSA) is 52.8 Å². The van der Waals surface area contributed by atoms with Crippen molar-refractivity contribution in [3.8, 4) is 40.2 Å². The van der Waals surface area contributed by atoms with Crippen LogP contribution in [0, 0.1) is 0 Å². The Kier molecular flexibility index (Phi) is 9.20. The lowest BCUT2D eigenvalue weighted by molar-refractivity contribution is 0.487. The number of para-hydroxylation sites is 4. The van der Waals surface area contributed by atoms with Gasteiger partial charge in [0, 0.05) is 21.9 Å². The second-order valence-electron chi connectivity index (χ2n) is 16.3. The Hall–Kier alpha value is -8.13. The zero-order valence-electron chi connectivity index (χ0n) is 34.8. The lowest BCUT2D eigenvalue weighted by atomic mass is 9.36. The maximum absolute atomic E-state index is 6.42. The SMILES string of the molecule is c1ccc(-c2nc(-c3cccc([Si](c4ccccc4)(c4ccccc4)c4ccc(B5c6ccccc6Oc6ccccc65)cc4)c3)nc(-n3c4ccccc4c4ccccc43)n2)cc1. The van der Waals surface area contributed by atoms with E-state index in [4.69, 9.17) is 19.7 Å². The fourth-order valence-corrected chi connectivity index (χ4v) is 14.7. The van der Waals surface area contributed by atoms with Crippen molar-refractivity contribution in [1.82, 2.24) is 19.5 Å². The minimum atomic E-state index is -3.00. The first kappa shape index (κ1) is 37.6. The zero-order chi connectivity index (χ0) is 42.5. The Balaban J connectivity index is 1.07. The Bertz CT molecular complexity index is 3350. The van der Waals surface area contributed by atoms with Crippen molar-refractivity contribution in [3.63, 3.8) is 0 Å². The van der Waals surface area contributed by atoms with Crippen molar-refractivity contribution in [1.29, 1.82) is 0 Å². The third kappa shape index (κ3) is 6.20. The molecule has 0 saturated heterocycles. The number of hydrogen-bond acceptors (Lipinski definition) is 4. The van der Waals surface area contributed by atoms with Gasteiger partial charge in [-0.05, 0) is 55.9 Å². The van der Waals surface area contributed by atoms with Crippen molar-refractivity contribution < 1.29 is 4.74 Å². The number of benzene rings is 9. The van der Waals surface area contributed by atoms with Crippen molar-refractivity contribution in [2.75, 3.05) is 0 Å². The lowest BCUT2D eigenvalue weighted by Gasteiger charge is -2.35. The highest BCUT2D eigenvalue weighted by Gasteiger charge is 2.42. The molecule has 0 unspecified atom stereocenters. The van der Waals surface area contributed by atoms with E-state index in [0.717, 1.165) is 44.4 Å². The van der Waals surface area contributed by atoms with Crippen LogP contribution in [0.3, 0.4) is 0 Å². The Morgan fingerprint density at radius 1 is 0.375 bits per heavy atom. The van der Waals surface area contributed by atoms with Gasteiger partial charge in [-0.25, -0.2) is 4.98 Å². The summed E-state index contributed by atoms with van der Waals surface area (Å²) in [5.41, 5.74) is 7.51. The van der Waals surface area contributed by atoms with Crippen molar-refractivity contribution in [2.45, 2.75) is 0 Å². The number of hydrogen-bond donors (Lipinski definition) is 0. The van der Waals surface area contributed by atoms with Gasteiger partial charge in [-0.15, -0.1) is 0 Å². The molecule has 11 aromatic rings. The van der Waals surface area contributed by atoms with Crippen LogP contribution in [-0.4, -0.2) is 34.3 Å². The molecule has 0 radical (unpaired) electrons. The quantitative estimate of drug-likeness (QED) is 0.114. The maximum atomic E-state index is 6.42. The molecule has 0 fully saturated rings. The highest BCUT2D eigenvalue weighted by molar-refractivity contribution is 7.20. The first-order valence-electron chi connectivity index (χ1n) is 21.7. The molecule has 0 N–H and O–H groups in total. The van der Waals surface area contributed by atoms with Crippen LogP contribution in [-0.2, 0) is 0 Å². The molecule has 7 heteroatoms. The molecule has 9 aromatic carbocycles. The van der Waals surface area contributed by atoms with Crippen LogP contribution in [0.4, 0.5) is 0 Å². The summed E-state index contributed by atoms with van der Waals surface area (Å²) in [6.07, 6.45) is 0. The minimum Gasteiger partial charge on any atom is -0.458 e. The molecule has 64 heavy (non-hydrogen) atoms. The van der Waals surface area contributed by atoms with Gasteiger partial charge < -0.3 is 4.74 Å². The first-order chi connectivity index (χ1) is 31.7. The van der Waals surface area contributed by atoms with Crippen LogP contribution >= 0.6 is 0 Å². The van der Waals surface area contributed by atoms with E-state index in [1.54, 1.807) is 0 Å². The Morgan fingerprint density at radius 2 is 0.828 bits per heavy atom. The van der Waals surface area contributed by atoms with E-state index in [2.05, 4.69) is 211 Å². The summed E-state index contributed by atoms with van der Waals surface area (Å²) in [6, 6.07) is 84.5. The molecule has 1 aliphatic rings. The van der Waals surface area contributed by atoms with Gasteiger partial charge in [-0.2, -0.15) is 9.97 Å². The molecule has 3 heterocycles. The summed E-state index contributed by atoms with van der Waals surface area (Å²) in [6.45, 7) is 0.0365. The molecule has 0 bridgehead atoms. The van der Waals surface area contributed by atoms with Gasteiger partial charge >= 0.3 is 0 Å². The summed E-state index contributed by atoms with van der Waals surface area (Å²) in [5, 5.41) is 7.41. The van der Waals surface area contributed by atoms with Crippen molar-refractivity contribution in [3.05, 3.63) is 237 Å². The molecule has 5 nitrogen and oxygen atoms in total. The first-order valence-corrected chi connectivity index (χ1v) is 23.7. The smallest absolute Gasteiger partial charge is 0.250 e. The zero-order valence-corrected chi connectivity index (χ0v) is 35.8. The minimum absolute atomic E-state index is 0.0365. The van der Waals surface area contributed by atoms with E-state index in [1.807, 2.05) is 30.3 Å². The van der Waals surface area contributed by atoms with E-state index < -0.39 is 8.07 Å². The van der Waals surface area contributed by atoms with Gasteiger partial charge in [0.1, 0.15) is 11.5 Å². The van der Waals surface area contributed by atoms with E-state index in [1.165, 1.54) is 37.1 Å². The Labute approximate surface area is 373 Å². The lowest BCUT2D eigenvalue weighted by Crippen LogP contribution is -2.75. The van der Waals surface area contributed by atoms with Gasteiger partial charge in [0.2, 0.25) is 5.95 Å². The van der Waals surface area contributed by atoms with Gasteiger partial charge in [-0.3, -0.25) is 4.57 Å². The fraction of sp³-hybridized carbons (Fsp3) is 0. The van der Waals surface area contributed by atoms with Crippen LogP contribution in [0.5, 0.6) is 11.5 Å². The van der Waals surface area contributed by atoms with Gasteiger partial charge in [-0.1, -0.05) is 218 Å². The molecule has 1 aliphatic heterocycles. The van der Waals surface area contributed by atoms with Gasteiger partial charge in [0.25, 0.3) is 6.71 Å². The molecule has 0 amide bonds.